The lowest BCUT2D eigenvalue weighted by Crippen LogP contribution is -2.40. The van der Waals surface area contributed by atoms with E-state index in [0.29, 0.717) is 43.2 Å². The van der Waals surface area contributed by atoms with Crippen LogP contribution in [0, 0.1) is 0 Å². The Bertz CT molecular complexity index is 930. The molecule has 0 aromatic carbocycles. The highest BCUT2D eigenvalue weighted by Crippen LogP contribution is 2.23. The Morgan fingerprint density at radius 3 is 2.74 bits per heavy atom. The van der Waals surface area contributed by atoms with Crippen molar-refractivity contribution in [3.8, 4) is 0 Å². The van der Waals surface area contributed by atoms with E-state index in [1.54, 1.807) is 18.1 Å². The smallest absolute Gasteiger partial charge is 0.297 e. The van der Waals surface area contributed by atoms with Gasteiger partial charge in [-0.1, -0.05) is 13.0 Å². The first kappa shape index (κ1) is 15.3. The maximum atomic E-state index is 12.8. The van der Waals surface area contributed by atoms with E-state index < -0.39 is 0 Å². The molecule has 0 amide bonds. The normalized spacial score (nSPS) is 14.0. The summed E-state index contributed by atoms with van der Waals surface area (Å²) in [4.78, 5) is 29.7. The molecule has 2 aromatic heterocycles. The average Bonchev–Trinajstić information content (AvgIpc) is 2.89. The summed E-state index contributed by atoms with van der Waals surface area (Å²) >= 11 is 0. The van der Waals surface area contributed by atoms with E-state index in [-0.39, 0.29) is 11.2 Å². The third-order valence-electron chi connectivity index (χ3n) is 3.87. The third-order valence-corrected chi connectivity index (χ3v) is 3.87. The fourth-order valence-electron chi connectivity index (χ4n) is 2.88. The molecule has 0 unspecified atom stereocenters. The maximum Gasteiger partial charge on any atom is 0.332 e. The number of aryl methyl sites for hydroxylation is 1. The summed E-state index contributed by atoms with van der Waals surface area (Å²) in [7, 11) is 1.64. The largest absolute Gasteiger partial charge is 0.332 e. The highest BCUT2D eigenvalue weighted by molar-refractivity contribution is 5.87. The lowest BCUT2D eigenvalue weighted by Gasteiger charge is -2.23. The van der Waals surface area contributed by atoms with Crippen LogP contribution in [0.3, 0.4) is 0 Å². The Morgan fingerprint density at radius 2 is 2.09 bits per heavy atom. The van der Waals surface area contributed by atoms with E-state index in [1.165, 1.54) is 9.13 Å². The van der Waals surface area contributed by atoms with Crippen LogP contribution >= 0.6 is 0 Å². The summed E-state index contributed by atoms with van der Waals surface area (Å²) in [5, 5.41) is 6.14. The summed E-state index contributed by atoms with van der Waals surface area (Å²) in [6, 6.07) is 0. The molecule has 2 aromatic rings. The molecule has 122 valence electrons. The minimum atomic E-state index is -0.340. The molecule has 0 saturated heterocycles. The number of aromatic nitrogens is 4. The van der Waals surface area contributed by atoms with Gasteiger partial charge in [0.2, 0.25) is 5.95 Å². The van der Waals surface area contributed by atoms with Crippen molar-refractivity contribution >= 4 is 22.8 Å². The van der Waals surface area contributed by atoms with Gasteiger partial charge in [-0.3, -0.25) is 18.5 Å². The second-order valence-electron chi connectivity index (χ2n) is 5.67. The number of fused-ring (bicyclic) bond motifs is 3. The summed E-state index contributed by atoms with van der Waals surface area (Å²) < 4.78 is 4.53. The van der Waals surface area contributed by atoms with E-state index in [0.717, 1.165) is 5.71 Å². The van der Waals surface area contributed by atoms with Crippen LogP contribution in [0.1, 0.15) is 20.3 Å². The van der Waals surface area contributed by atoms with Crippen LogP contribution in [0.2, 0.25) is 0 Å². The number of hydrogen-bond donors (Lipinski definition) is 0. The molecule has 1 aliphatic rings. The van der Waals surface area contributed by atoms with Crippen LogP contribution in [0.5, 0.6) is 0 Å². The summed E-state index contributed by atoms with van der Waals surface area (Å²) in [6.45, 7) is 8.92. The van der Waals surface area contributed by atoms with E-state index >= 15 is 0 Å². The quantitative estimate of drug-likeness (QED) is 0.778. The van der Waals surface area contributed by atoms with Crippen molar-refractivity contribution in [2.45, 2.75) is 33.4 Å². The molecule has 8 nitrogen and oxygen atoms in total. The zero-order chi connectivity index (χ0) is 16.7. The molecule has 0 aliphatic carbocycles. The zero-order valence-corrected chi connectivity index (χ0v) is 13.6. The minimum Gasteiger partial charge on any atom is -0.297 e. The monoisotopic (exact) mass is 316 g/mol. The Balaban J connectivity index is 2.37. The fraction of sp³-hybridized carbons (Fsp3) is 0.467. The maximum absolute atomic E-state index is 12.8. The van der Waals surface area contributed by atoms with Crippen molar-refractivity contribution in [1.82, 2.24) is 18.7 Å². The van der Waals surface area contributed by atoms with Gasteiger partial charge in [-0.25, -0.2) is 9.80 Å². The highest BCUT2D eigenvalue weighted by Gasteiger charge is 2.25. The lowest BCUT2D eigenvalue weighted by atomic mass is 10.3. The van der Waals surface area contributed by atoms with Gasteiger partial charge in [0.15, 0.2) is 11.2 Å². The lowest BCUT2D eigenvalue weighted by molar-refractivity contribution is 0.591. The molecular weight excluding hydrogens is 296 g/mol. The third kappa shape index (κ3) is 2.21. The van der Waals surface area contributed by atoms with Crippen molar-refractivity contribution in [2.24, 2.45) is 12.1 Å². The number of hydrazone groups is 1. The van der Waals surface area contributed by atoms with E-state index in [2.05, 4.69) is 16.7 Å². The Kier molecular flexibility index (Phi) is 3.67. The van der Waals surface area contributed by atoms with E-state index in [4.69, 9.17) is 0 Å². The molecule has 0 radical (unpaired) electrons. The van der Waals surface area contributed by atoms with Crippen molar-refractivity contribution in [1.29, 1.82) is 0 Å². The SMILES string of the molecule is C=CCN1N=C(C)Cn2c1nc1c2c(=O)n(CCC)c(=O)n1C. The van der Waals surface area contributed by atoms with E-state index in [1.807, 2.05) is 18.4 Å². The molecule has 3 heterocycles. The molecule has 0 saturated carbocycles. The van der Waals surface area contributed by atoms with Crippen LogP contribution in [0.4, 0.5) is 5.95 Å². The summed E-state index contributed by atoms with van der Waals surface area (Å²) in [5.74, 6) is 0.562. The fourth-order valence-corrected chi connectivity index (χ4v) is 2.88. The van der Waals surface area contributed by atoms with Crippen molar-refractivity contribution < 1.29 is 0 Å². The minimum absolute atomic E-state index is 0.294. The second-order valence-corrected chi connectivity index (χ2v) is 5.67. The number of imidazole rings is 1. The molecule has 0 bridgehead atoms. The van der Waals surface area contributed by atoms with Gasteiger partial charge >= 0.3 is 5.69 Å². The molecule has 8 heteroatoms. The van der Waals surface area contributed by atoms with Gasteiger partial charge in [0, 0.05) is 13.6 Å². The molecular formula is C15H20N6O2. The standard InChI is InChI=1S/C15H20N6O2/c1-5-7-19-13(22)11-12(18(4)15(19)23)16-14-20(11)9-10(3)17-21(14)8-6-2/h6H,2,5,7-9H2,1,3-4H3. The van der Waals surface area contributed by atoms with Crippen molar-refractivity contribution in [3.05, 3.63) is 33.5 Å². The summed E-state index contributed by atoms with van der Waals surface area (Å²) in [5.41, 5.74) is 1.07. The number of hydrogen-bond acceptors (Lipinski definition) is 5. The predicted molar refractivity (Wildman–Crippen MR) is 90.2 cm³/mol. The summed E-state index contributed by atoms with van der Waals surface area (Å²) in [6.07, 6.45) is 2.44. The first-order valence-corrected chi connectivity index (χ1v) is 7.62. The molecule has 0 N–H and O–H groups in total. The van der Waals surface area contributed by atoms with Gasteiger partial charge < -0.3 is 0 Å². The highest BCUT2D eigenvalue weighted by atomic mass is 16.2. The second kappa shape index (κ2) is 5.53. The topological polar surface area (TPSA) is 77.4 Å². The number of nitrogens with zero attached hydrogens (tertiary/aromatic N) is 6. The van der Waals surface area contributed by atoms with Crippen molar-refractivity contribution in [3.63, 3.8) is 0 Å². The van der Waals surface area contributed by atoms with Gasteiger partial charge in [0.05, 0.1) is 18.8 Å². The Labute approximate surface area is 133 Å². The number of rotatable bonds is 4. The van der Waals surface area contributed by atoms with Gasteiger partial charge in [0.1, 0.15) is 0 Å². The Morgan fingerprint density at radius 1 is 1.35 bits per heavy atom. The van der Waals surface area contributed by atoms with Gasteiger partial charge in [-0.2, -0.15) is 10.1 Å². The molecule has 3 rings (SSSR count). The van der Waals surface area contributed by atoms with Gasteiger partial charge in [-0.15, -0.1) is 6.58 Å². The first-order valence-electron chi connectivity index (χ1n) is 7.62. The molecule has 0 atom stereocenters. The van der Waals surface area contributed by atoms with Crippen LogP contribution < -0.4 is 16.3 Å². The first-order chi connectivity index (χ1) is 11.0. The predicted octanol–water partition coefficient (Wildman–Crippen LogP) is 0.689. The molecule has 1 aliphatic heterocycles. The number of anilines is 1. The zero-order valence-electron chi connectivity index (χ0n) is 13.6. The molecule has 23 heavy (non-hydrogen) atoms. The van der Waals surface area contributed by atoms with Crippen LogP contribution in [-0.2, 0) is 20.1 Å². The van der Waals surface area contributed by atoms with Gasteiger partial charge in [0.25, 0.3) is 5.56 Å². The molecule has 0 spiro atoms. The van der Waals surface area contributed by atoms with E-state index in [9.17, 15) is 9.59 Å². The van der Waals surface area contributed by atoms with Crippen LogP contribution in [0.25, 0.3) is 11.2 Å². The molecule has 0 fully saturated rings. The van der Waals surface area contributed by atoms with Crippen LogP contribution in [0.15, 0.2) is 27.3 Å². The average molecular weight is 316 g/mol. The van der Waals surface area contributed by atoms with Crippen LogP contribution in [-0.4, -0.2) is 30.9 Å². The van der Waals surface area contributed by atoms with Gasteiger partial charge in [-0.05, 0) is 13.3 Å². The Hall–Kier alpha value is -2.64. The van der Waals surface area contributed by atoms with Crippen molar-refractivity contribution in [2.75, 3.05) is 11.6 Å².